The minimum atomic E-state index is -4.95. The van der Waals surface area contributed by atoms with Gasteiger partial charge in [0.25, 0.3) is 0 Å². The molecule has 1 unspecified atom stereocenters. The minimum Gasteiger partial charge on any atom is -0.396 e. The normalized spacial score (nSPS) is 38.6. The third kappa shape index (κ3) is 5.76. The van der Waals surface area contributed by atoms with Crippen molar-refractivity contribution in [2.45, 2.75) is 79.1 Å². The molecule has 4 aliphatic carbocycles. The van der Waals surface area contributed by atoms with Crippen LogP contribution >= 0.6 is 0 Å². The van der Waals surface area contributed by atoms with E-state index in [2.05, 4.69) is 25.0 Å². The molecule has 0 aromatic rings. The predicted molar refractivity (Wildman–Crippen MR) is 137 cm³/mol. The van der Waals surface area contributed by atoms with E-state index < -0.39 is 37.7 Å². The average Bonchev–Trinajstić information content (AvgIpc) is 3.10. The van der Waals surface area contributed by atoms with Gasteiger partial charge in [-0.2, -0.15) is 16.8 Å². The molecule has 8 atom stereocenters. The summed E-state index contributed by atoms with van der Waals surface area (Å²) < 4.78 is 73.9. The zero-order chi connectivity index (χ0) is 27.4. The zero-order valence-corrected chi connectivity index (χ0v) is 23.8. The highest BCUT2D eigenvalue weighted by Gasteiger charge is 2.60. The van der Waals surface area contributed by atoms with Crippen molar-refractivity contribution in [3.63, 3.8) is 0 Å². The summed E-state index contributed by atoms with van der Waals surface area (Å²) in [5.74, 6) is 1.47. The summed E-state index contributed by atoms with van der Waals surface area (Å²) >= 11 is 0. The first-order valence-corrected chi connectivity index (χ1v) is 16.2. The molecule has 11 heteroatoms. The van der Waals surface area contributed by atoms with Crippen molar-refractivity contribution >= 4 is 20.8 Å². The topological polar surface area (TPSA) is 147 Å². The molecule has 37 heavy (non-hydrogen) atoms. The van der Waals surface area contributed by atoms with Gasteiger partial charge in [-0.1, -0.05) is 34.1 Å². The second-order valence-electron chi connectivity index (χ2n) is 12.6. The lowest BCUT2D eigenvalue weighted by Gasteiger charge is -2.59. The third-order valence-electron chi connectivity index (χ3n) is 10.3. The number of hydrogen-bond donors (Lipinski definition) is 3. The molecule has 0 aromatic carbocycles. The summed E-state index contributed by atoms with van der Waals surface area (Å²) in [4.78, 5) is 0. The van der Waals surface area contributed by atoms with Gasteiger partial charge in [-0.25, -0.2) is 0 Å². The van der Waals surface area contributed by atoms with E-state index in [1.807, 2.05) is 6.92 Å². The molecule has 3 saturated carbocycles. The highest BCUT2D eigenvalue weighted by Crippen LogP contribution is 2.67. The van der Waals surface area contributed by atoms with Crippen LogP contribution < -0.4 is 0 Å². The number of allylic oxidation sites excluding steroid dienone is 2. The molecule has 4 rings (SSSR count). The molecule has 9 nitrogen and oxygen atoms in total. The maximum absolute atomic E-state index is 11.6. The average molecular weight is 563 g/mol. The first-order valence-electron chi connectivity index (χ1n) is 13.5. The Morgan fingerprint density at radius 1 is 0.919 bits per heavy atom. The minimum absolute atomic E-state index is 0.135. The Hall–Kier alpha value is -1.14. The Balaban J connectivity index is 1.63. The van der Waals surface area contributed by atoms with Gasteiger partial charge in [0, 0.05) is 6.61 Å². The predicted octanol–water partition coefficient (Wildman–Crippen LogP) is 4.93. The number of fused-ring (bicyclic) bond motifs is 5. The second kappa shape index (κ2) is 10.1. The maximum atomic E-state index is 11.6. The smallest absolute Gasteiger partial charge is 0.396 e. The lowest BCUT2D eigenvalue weighted by Crippen LogP contribution is -2.52. The number of hydrogen-bond acceptors (Lipinski definition) is 7. The molecule has 0 amide bonds. The molecule has 0 aliphatic heterocycles. The second-order valence-corrected chi connectivity index (χ2v) is 14.7. The summed E-state index contributed by atoms with van der Waals surface area (Å²) in [7, 11) is -9.88. The first kappa shape index (κ1) is 28.9. The van der Waals surface area contributed by atoms with E-state index in [4.69, 9.17) is 4.18 Å². The van der Waals surface area contributed by atoms with E-state index >= 15 is 0 Å². The lowest BCUT2D eigenvalue weighted by molar-refractivity contribution is -0.0793. The zero-order valence-electron chi connectivity index (χ0n) is 22.2. The van der Waals surface area contributed by atoms with E-state index in [-0.39, 0.29) is 23.9 Å². The summed E-state index contributed by atoms with van der Waals surface area (Å²) in [5, 5.41) is 10.3. The molecule has 3 fully saturated rings. The molecule has 0 spiro atoms. The van der Waals surface area contributed by atoms with Gasteiger partial charge < -0.3 is 13.5 Å². The van der Waals surface area contributed by atoms with Gasteiger partial charge in [-0.05, 0) is 109 Å². The van der Waals surface area contributed by atoms with Gasteiger partial charge in [0.1, 0.15) is 0 Å². The largest absolute Gasteiger partial charge is 0.446 e. The Morgan fingerprint density at radius 3 is 2.16 bits per heavy atom. The van der Waals surface area contributed by atoms with Gasteiger partial charge >= 0.3 is 20.8 Å². The first-order chi connectivity index (χ1) is 17.1. The molecule has 0 bridgehead atoms. The number of aliphatic hydroxyl groups is 1. The van der Waals surface area contributed by atoms with Crippen LogP contribution in [0.4, 0.5) is 0 Å². The fourth-order valence-electron chi connectivity index (χ4n) is 8.66. The van der Waals surface area contributed by atoms with Crippen LogP contribution in [0.25, 0.3) is 0 Å². The molecule has 0 heterocycles. The standard InChI is InChI=1S/C26H42O9S2/c1-16(2)5-6-17(15-27)20-9-10-21-19-8-7-18-13-23(34-36(28,29)30)24(35-37(31,32)33)14-26(18,4)22(19)11-12-25(20,21)3/h13-14,16-22,27H,5-12,15H2,1-4H3,(H,28,29,30)(H,31,32,33)/t17-,18?,19-,20+,21-,22-,25+,26-/m0/s1. The molecule has 3 N–H and O–H groups in total. The van der Waals surface area contributed by atoms with Gasteiger partial charge in [0.2, 0.25) is 0 Å². The molecule has 0 aromatic heterocycles. The van der Waals surface area contributed by atoms with Crippen LogP contribution in [0.3, 0.4) is 0 Å². The third-order valence-corrected chi connectivity index (χ3v) is 11.0. The maximum Gasteiger partial charge on any atom is 0.446 e. The molecular formula is C26H42O9S2. The molecule has 4 aliphatic rings. The van der Waals surface area contributed by atoms with Crippen LogP contribution in [0.15, 0.2) is 23.7 Å². The van der Waals surface area contributed by atoms with Crippen LogP contribution in [-0.2, 0) is 29.2 Å². The van der Waals surface area contributed by atoms with E-state index in [1.165, 1.54) is 6.08 Å². The van der Waals surface area contributed by atoms with Gasteiger partial charge in [-0.3, -0.25) is 9.11 Å². The molecule has 0 saturated heterocycles. The molecule has 212 valence electrons. The van der Waals surface area contributed by atoms with E-state index in [9.17, 15) is 31.0 Å². The fourth-order valence-corrected chi connectivity index (χ4v) is 9.38. The van der Waals surface area contributed by atoms with Gasteiger partial charge in [-0.15, -0.1) is 0 Å². The Kier molecular flexibility index (Phi) is 7.89. The van der Waals surface area contributed by atoms with E-state index in [0.717, 1.165) is 51.4 Å². The Labute approximate surface area is 221 Å². The van der Waals surface area contributed by atoms with Crippen LogP contribution in [-0.4, -0.2) is 37.7 Å². The van der Waals surface area contributed by atoms with Crippen LogP contribution in [0.2, 0.25) is 0 Å². The summed E-state index contributed by atoms with van der Waals surface area (Å²) in [5.41, 5.74) is -0.404. The Bertz CT molecular complexity index is 1140. The Morgan fingerprint density at radius 2 is 1.57 bits per heavy atom. The quantitative estimate of drug-likeness (QED) is 0.333. The van der Waals surface area contributed by atoms with Crippen LogP contribution in [0.1, 0.15) is 79.1 Å². The van der Waals surface area contributed by atoms with Crippen molar-refractivity contribution in [2.24, 2.45) is 52.3 Å². The highest BCUT2D eigenvalue weighted by atomic mass is 32.3. The van der Waals surface area contributed by atoms with Gasteiger partial charge in [0.05, 0.1) is 0 Å². The monoisotopic (exact) mass is 562 g/mol. The van der Waals surface area contributed by atoms with Crippen molar-refractivity contribution < 1.29 is 39.4 Å². The molecular weight excluding hydrogens is 520 g/mol. The van der Waals surface area contributed by atoms with Crippen LogP contribution in [0.5, 0.6) is 0 Å². The number of aliphatic hydroxyl groups excluding tert-OH is 1. The number of rotatable bonds is 9. The summed E-state index contributed by atoms with van der Waals surface area (Å²) in [6, 6.07) is 0. The van der Waals surface area contributed by atoms with Gasteiger partial charge in [0.15, 0.2) is 11.5 Å². The summed E-state index contributed by atoms with van der Waals surface area (Å²) in [6.45, 7) is 9.09. The van der Waals surface area contributed by atoms with E-state index in [1.54, 1.807) is 6.08 Å². The van der Waals surface area contributed by atoms with Crippen LogP contribution in [0, 0.1) is 52.3 Å². The van der Waals surface area contributed by atoms with Crippen molar-refractivity contribution in [1.82, 2.24) is 0 Å². The molecule has 0 radical (unpaired) electrons. The van der Waals surface area contributed by atoms with Crippen molar-refractivity contribution in [3.8, 4) is 0 Å². The fraction of sp³-hybridized carbons (Fsp3) is 0.846. The SMILES string of the molecule is CC(C)CC[C@@H](CO)[C@H]1CC[C@H]2[C@@H]3CCC4C=C(OS(=O)(=O)O)C(OS(=O)(=O)O)=C[C@]4(C)[C@H]3CC[C@]12C. The van der Waals surface area contributed by atoms with Crippen molar-refractivity contribution in [2.75, 3.05) is 6.61 Å². The van der Waals surface area contributed by atoms with E-state index in [0.29, 0.717) is 29.6 Å². The summed E-state index contributed by atoms with van der Waals surface area (Å²) in [6.07, 6.45) is 11.1. The highest BCUT2D eigenvalue weighted by molar-refractivity contribution is 7.81. The van der Waals surface area contributed by atoms with Crippen molar-refractivity contribution in [3.05, 3.63) is 23.7 Å². The lowest BCUT2D eigenvalue weighted by atomic mass is 9.46. The van der Waals surface area contributed by atoms with Crippen molar-refractivity contribution in [1.29, 1.82) is 0 Å².